The molecule has 0 amide bonds. The molecule has 6 atom stereocenters. The summed E-state index contributed by atoms with van der Waals surface area (Å²) in [7, 11) is 0. The lowest BCUT2D eigenvalue weighted by Crippen LogP contribution is -2.36. The van der Waals surface area contributed by atoms with E-state index in [1.165, 1.54) is 12.8 Å². The first-order chi connectivity index (χ1) is 6.45. The molecule has 2 saturated carbocycles. The Bertz CT molecular complexity index is 265. The summed E-state index contributed by atoms with van der Waals surface area (Å²) in [6.45, 7) is 0. The maximum absolute atomic E-state index is 2.53. The predicted molar refractivity (Wildman–Crippen MR) is 53.1 cm³/mol. The van der Waals surface area contributed by atoms with Crippen LogP contribution in [0.4, 0.5) is 0 Å². The second-order valence-corrected chi connectivity index (χ2v) is 5.37. The van der Waals surface area contributed by atoms with E-state index in [1.54, 1.807) is 6.42 Å². The molecule has 4 rings (SSSR count). The molecule has 4 aliphatic carbocycles. The Morgan fingerprint density at radius 2 is 1.23 bits per heavy atom. The van der Waals surface area contributed by atoms with Crippen molar-refractivity contribution < 1.29 is 0 Å². The minimum Gasteiger partial charge on any atom is -0.0879 e. The molecule has 0 aliphatic heterocycles. The van der Waals surface area contributed by atoms with Crippen molar-refractivity contribution in [3.8, 4) is 0 Å². The number of hydrogen-bond donors (Lipinski definition) is 0. The highest BCUT2D eigenvalue weighted by Crippen LogP contribution is 2.64. The molecule has 0 heteroatoms. The van der Waals surface area contributed by atoms with Crippen molar-refractivity contribution in [1.82, 2.24) is 0 Å². The van der Waals surface area contributed by atoms with Crippen LogP contribution in [0.2, 0.25) is 0 Å². The topological polar surface area (TPSA) is 0 Å². The van der Waals surface area contributed by atoms with Gasteiger partial charge >= 0.3 is 0 Å². The number of hydrogen-bond acceptors (Lipinski definition) is 0. The fraction of sp³-hybridized carbons (Fsp3) is 0.692. The average molecular weight is 172 g/mol. The molecule has 0 aromatic carbocycles. The van der Waals surface area contributed by atoms with E-state index >= 15 is 0 Å². The minimum absolute atomic E-state index is 0.941. The third-order valence-corrected chi connectivity index (χ3v) is 5.16. The van der Waals surface area contributed by atoms with Crippen molar-refractivity contribution in [2.45, 2.75) is 19.3 Å². The van der Waals surface area contributed by atoms with E-state index in [-0.39, 0.29) is 0 Å². The molecule has 0 aromatic heterocycles. The highest BCUT2D eigenvalue weighted by Gasteiger charge is 2.57. The summed E-state index contributed by atoms with van der Waals surface area (Å²) in [4.78, 5) is 0. The Labute approximate surface area is 79.7 Å². The summed E-state index contributed by atoms with van der Waals surface area (Å²) in [5.74, 6) is 6.18. The van der Waals surface area contributed by atoms with Crippen molar-refractivity contribution >= 4 is 0 Å². The normalized spacial score (nSPS) is 60.3. The number of rotatable bonds is 0. The summed E-state index contributed by atoms with van der Waals surface area (Å²) in [5.41, 5.74) is 0. The van der Waals surface area contributed by atoms with Crippen LogP contribution in [0, 0.1) is 35.5 Å². The first-order valence-electron chi connectivity index (χ1n) is 5.78. The standard InChI is InChI=1S/C13H16/c1-3-8-10-5-2-6-11-9(4-1)12(8)7-13(10)11/h1-3,5,8-13H,4,6-7H2. The molecule has 0 nitrogen and oxygen atoms in total. The second kappa shape index (κ2) is 2.10. The summed E-state index contributed by atoms with van der Waals surface area (Å²) in [6.07, 6.45) is 14.3. The molecular weight excluding hydrogens is 156 g/mol. The number of fused-ring (bicyclic) bond motifs is 2. The maximum atomic E-state index is 2.53. The zero-order chi connectivity index (χ0) is 8.41. The fourth-order valence-corrected chi connectivity index (χ4v) is 4.78. The molecule has 4 aliphatic rings. The first kappa shape index (κ1) is 6.86. The lowest BCUT2D eigenvalue weighted by molar-refractivity contribution is 0.130. The van der Waals surface area contributed by atoms with Gasteiger partial charge in [-0.3, -0.25) is 0 Å². The van der Waals surface area contributed by atoms with Gasteiger partial charge in [0.25, 0.3) is 0 Å². The van der Waals surface area contributed by atoms with Crippen LogP contribution in [0.15, 0.2) is 24.3 Å². The predicted octanol–water partition coefficient (Wildman–Crippen LogP) is 3.02. The SMILES string of the molecule is C1=CC2C3C=CCC4C3CC2C4C1. The van der Waals surface area contributed by atoms with Crippen LogP contribution in [0.1, 0.15) is 19.3 Å². The molecule has 0 saturated heterocycles. The second-order valence-electron chi connectivity index (χ2n) is 5.37. The van der Waals surface area contributed by atoms with Gasteiger partial charge in [0.05, 0.1) is 0 Å². The Kier molecular flexibility index (Phi) is 1.11. The highest BCUT2D eigenvalue weighted by atomic mass is 14.6. The maximum Gasteiger partial charge on any atom is -0.0136 e. The Balaban J connectivity index is 1.90. The molecule has 0 heterocycles. The quantitative estimate of drug-likeness (QED) is 0.493. The lowest BCUT2D eigenvalue weighted by atomic mass is 9.62. The van der Waals surface area contributed by atoms with Crippen LogP contribution in [0.3, 0.4) is 0 Å². The van der Waals surface area contributed by atoms with Crippen LogP contribution in [-0.2, 0) is 0 Å². The summed E-state index contributed by atoms with van der Waals surface area (Å²) >= 11 is 0. The van der Waals surface area contributed by atoms with Gasteiger partial charge in [-0.25, -0.2) is 0 Å². The zero-order valence-corrected chi connectivity index (χ0v) is 7.89. The van der Waals surface area contributed by atoms with E-state index in [4.69, 9.17) is 0 Å². The van der Waals surface area contributed by atoms with Crippen molar-refractivity contribution in [2.24, 2.45) is 35.5 Å². The van der Waals surface area contributed by atoms with E-state index in [0.717, 1.165) is 35.5 Å². The van der Waals surface area contributed by atoms with Crippen LogP contribution in [0.25, 0.3) is 0 Å². The molecule has 0 radical (unpaired) electrons. The average Bonchev–Trinajstić information content (AvgIpc) is 2.72. The monoisotopic (exact) mass is 172 g/mol. The molecular formula is C13H16. The molecule has 13 heavy (non-hydrogen) atoms. The van der Waals surface area contributed by atoms with E-state index in [1.807, 2.05) is 0 Å². The Hall–Kier alpha value is -0.520. The third-order valence-electron chi connectivity index (χ3n) is 5.16. The van der Waals surface area contributed by atoms with Gasteiger partial charge in [0.2, 0.25) is 0 Å². The van der Waals surface area contributed by atoms with Crippen LogP contribution in [-0.4, -0.2) is 0 Å². The van der Waals surface area contributed by atoms with Crippen LogP contribution in [0.5, 0.6) is 0 Å². The van der Waals surface area contributed by atoms with E-state index in [9.17, 15) is 0 Å². The Morgan fingerprint density at radius 3 is 1.77 bits per heavy atom. The summed E-state index contributed by atoms with van der Waals surface area (Å²) in [6, 6.07) is 0. The molecule has 0 aromatic rings. The van der Waals surface area contributed by atoms with Gasteiger partial charge in [-0.1, -0.05) is 24.3 Å². The summed E-state index contributed by atoms with van der Waals surface area (Å²) in [5, 5.41) is 0. The highest BCUT2D eigenvalue weighted by molar-refractivity contribution is 5.22. The molecule has 2 fully saturated rings. The van der Waals surface area contributed by atoms with Crippen LogP contribution >= 0.6 is 0 Å². The zero-order valence-electron chi connectivity index (χ0n) is 7.89. The van der Waals surface area contributed by atoms with Crippen molar-refractivity contribution in [2.75, 3.05) is 0 Å². The summed E-state index contributed by atoms with van der Waals surface area (Å²) < 4.78 is 0. The molecule has 2 bridgehead atoms. The molecule has 68 valence electrons. The third kappa shape index (κ3) is 0.662. The van der Waals surface area contributed by atoms with Gasteiger partial charge in [-0.2, -0.15) is 0 Å². The fourth-order valence-electron chi connectivity index (χ4n) is 4.78. The lowest BCUT2D eigenvalue weighted by Gasteiger charge is -2.43. The van der Waals surface area contributed by atoms with Crippen molar-refractivity contribution in [3.63, 3.8) is 0 Å². The van der Waals surface area contributed by atoms with Gasteiger partial charge in [0.15, 0.2) is 0 Å². The molecule has 0 N–H and O–H groups in total. The molecule has 0 spiro atoms. The van der Waals surface area contributed by atoms with Gasteiger partial charge in [-0.15, -0.1) is 0 Å². The van der Waals surface area contributed by atoms with Gasteiger partial charge in [0.1, 0.15) is 0 Å². The largest absolute Gasteiger partial charge is 0.0879 e. The van der Waals surface area contributed by atoms with E-state index < -0.39 is 0 Å². The van der Waals surface area contributed by atoms with Gasteiger partial charge < -0.3 is 0 Å². The van der Waals surface area contributed by atoms with Crippen molar-refractivity contribution in [3.05, 3.63) is 24.3 Å². The Morgan fingerprint density at radius 1 is 0.692 bits per heavy atom. The van der Waals surface area contributed by atoms with E-state index in [2.05, 4.69) is 24.3 Å². The minimum atomic E-state index is 0.941. The van der Waals surface area contributed by atoms with Crippen LogP contribution < -0.4 is 0 Å². The van der Waals surface area contributed by atoms with Gasteiger partial charge in [0, 0.05) is 0 Å². The first-order valence-corrected chi connectivity index (χ1v) is 5.78. The molecule has 6 unspecified atom stereocenters. The smallest absolute Gasteiger partial charge is 0.0136 e. The van der Waals surface area contributed by atoms with E-state index in [0.29, 0.717) is 0 Å². The number of allylic oxidation sites excluding steroid dienone is 4. The van der Waals surface area contributed by atoms with Gasteiger partial charge in [-0.05, 0) is 54.8 Å². The van der Waals surface area contributed by atoms with Crippen molar-refractivity contribution in [1.29, 1.82) is 0 Å².